The van der Waals surface area contributed by atoms with Gasteiger partial charge in [0.1, 0.15) is 17.2 Å². The van der Waals surface area contributed by atoms with Crippen molar-refractivity contribution in [3.05, 3.63) is 48.0 Å². The van der Waals surface area contributed by atoms with Crippen LogP contribution < -0.4 is 14.8 Å². The van der Waals surface area contributed by atoms with Crippen LogP contribution in [0.4, 0.5) is 18.9 Å². The average molecular weight is 429 g/mol. The highest BCUT2D eigenvalue weighted by Gasteiger charge is 2.33. The van der Waals surface area contributed by atoms with Gasteiger partial charge in [-0.05, 0) is 42.8 Å². The molecule has 156 valence electrons. The van der Waals surface area contributed by atoms with Crippen LogP contribution in [0.5, 0.6) is 17.2 Å². The molecule has 0 spiro atoms. The number of hydrogen-bond acceptors (Lipinski definition) is 5. The summed E-state index contributed by atoms with van der Waals surface area (Å²) in [6.45, 7) is 0. The third-order valence-corrected chi connectivity index (χ3v) is 6.22. The molecule has 1 heterocycles. The lowest BCUT2D eigenvalue weighted by Gasteiger charge is -2.15. The Morgan fingerprint density at radius 1 is 1.10 bits per heavy atom. The summed E-state index contributed by atoms with van der Waals surface area (Å²) in [5.74, 6) is -0.552. The van der Waals surface area contributed by atoms with Crippen molar-refractivity contribution in [2.24, 2.45) is 5.92 Å². The molecule has 0 aliphatic carbocycles. The molecule has 10 heteroatoms. The minimum absolute atomic E-state index is 0.0285. The van der Waals surface area contributed by atoms with E-state index in [4.69, 9.17) is 9.47 Å². The number of anilines is 1. The zero-order valence-corrected chi connectivity index (χ0v) is 16.1. The number of sulfone groups is 1. The van der Waals surface area contributed by atoms with Crippen molar-refractivity contribution in [1.82, 2.24) is 0 Å². The van der Waals surface area contributed by atoms with Crippen LogP contribution in [0.1, 0.15) is 12.0 Å². The Kier molecular flexibility index (Phi) is 5.74. The quantitative estimate of drug-likeness (QED) is 0.780. The van der Waals surface area contributed by atoms with Crippen LogP contribution in [-0.2, 0) is 20.8 Å². The number of rotatable bonds is 5. The molecule has 0 bridgehead atoms. The van der Waals surface area contributed by atoms with E-state index in [9.17, 15) is 26.4 Å². The van der Waals surface area contributed by atoms with E-state index in [1.54, 1.807) is 0 Å². The normalized spacial score (nSPS) is 18.3. The van der Waals surface area contributed by atoms with Crippen LogP contribution in [0.25, 0.3) is 0 Å². The van der Waals surface area contributed by atoms with Crippen LogP contribution in [0.15, 0.2) is 42.5 Å². The number of halogens is 3. The molecule has 1 N–H and O–H groups in total. The van der Waals surface area contributed by atoms with Crippen molar-refractivity contribution in [1.29, 1.82) is 0 Å². The fraction of sp³-hybridized carbons (Fsp3) is 0.316. The molecule has 0 radical (unpaired) electrons. The molecular weight excluding hydrogens is 411 g/mol. The highest BCUT2D eigenvalue weighted by Crippen LogP contribution is 2.34. The van der Waals surface area contributed by atoms with Crippen LogP contribution >= 0.6 is 0 Å². The first-order chi connectivity index (χ1) is 13.6. The SMILES string of the molecule is COc1ccc(Oc2ccc(C(F)(F)F)cc2)cc1NC(=O)C1CCS(=O)(=O)C1. The number of nitrogens with one attached hydrogen (secondary N) is 1. The maximum absolute atomic E-state index is 12.6. The van der Waals surface area contributed by atoms with Gasteiger partial charge in [0.2, 0.25) is 5.91 Å². The number of alkyl halides is 3. The molecular formula is C19H18F3NO5S. The molecule has 0 saturated carbocycles. The monoisotopic (exact) mass is 429 g/mol. The van der Waals surface area contributed by atoms with Crippen molar-refractivity contribution < 1.29 is 35.9 Å². The van der Waals surface area contributed by atoms with E-state index in [2.05, 4.69) is 5.32 Å². The molecule has 2 aromatic rings. The van der Waals surface area contributed by atoms with E-state index in [1.165, 1.54) is 37.4 Å². The highest BCUT2D eigenvalue weighted by atomic mass is 32.2. The summed E-state index contributed by atoms with van der Waals surface area (Å²) in [4.78, 5) is 12.4. The Hall–Kier alpha value is -2.75. The zero-order chi connectivity index (χ0) is 21.2. The van der Waals surface area contributed by atoms with E-state index in [1.807, 2.05) is 0 Å². The van der Waals surface area contributed by atoms with E-state index >= 15 is 0 Å². The lowest BCUT2D eigenvalue weighted by Crippen LogP contribution is -2.24. The van der Waals surface area contributed by atoms with Crippen LogP contribution in [0.2, 0.25) is 0 Å². The second-order valence-corrected chi connectivity index (χ2v) is 8.80. The van der Waals surface area contributed by atoms with Crippen molar-refractivity contribution in [3.8, 4) is 17.2 Å². The summed E-state index contributed by atoms with van der Waals surface area (Å²) in [5.41, 5.74) is -0.523. The molecule has 1 fully saturated rings. The Bertz CT molecular complexity index is 1000. The number of ether oxygens (including phenoxy) is 2. The highest BCUT2D eigenvalue weighted by molar-refractivity contribution is 7.91. The molecule has 6 nitrogen and oxygen atoms in total. The van der Waals surface area contributed by atoms with E-state index in [0.29, 0.717) is 5.75 Å². The summed E-state index contributed by atoms with van der Waals surface area (Å²) in [6, 6.07) is 8.71. The summed E-state index contributed by atoms with van der Waals surface area (Å²) in [5, 5.41) is 2.64. The van der Waals surface area contributed by atoms with Crippen molar-refractivity contribution in [2.75, 3.05) is 23.9 Å². The number of amides is 1. The molecule has 0 aromatic heterocycles. The largest absolute Gasteiger partial charge is 0.495 e. The van der Waals surface area contributed by atoms with Gasteiger partial charge in [0.05, 0.1) is 35.8 Å². The second-order valence-electron chi connectivity index (χ2n) is 6.58. The molecule has 1 aliphatic heterocycles. The smallest absolute Gasteiger partial charge is 0.416 e. The van der Waals surface area contributed by atoms with Gasteiger partial charge in [0.15, 0.2) is 9.84 Å². The number of benzene rings is 2. The summed E-state index contributed by atoms with van der Waals surface area (Å²) < 4.78 is 71.8. The minimum Gasteiger partial charge on any atom is -0.495 e. The van der Waals surface area contributed by atoms with Gasteiger partial charge in [-0.15, -0.1) is 0 Å². The van der Waals surface area contributed by atoms with Crippen LogP contribution in [0, 0.1) is 5.92 Å². The fourth-order valence-electron chi connectivity index (χ4n) is 2.93. The predicted molar refractivity (Wildman–Crippen MR) is 99.9 cm³/mol. The summed E-state index contributed by atoms with van der Waals surface area (Å²) in [6.07, 6.45) is -4.19. The Labute approximate surface area is 165 Å². The molecule has 2 aromatic carbocycles. The van der Waals surface area contributed by atoms with Gasteiger partial charge >= 0.3 is 6.18 Å². The number of methoxy groups -OCH3 is 1. The molecule has 1 atom stereocenters. The van der Waals surface area contributed by atoms with Gasteiger partial charge in [0.25, 0.3) is 0 Å². The lowest BCUT2D eigenvalue weighted by atomic mass is 10.1. The van der Waals surface area contributed by atoms with E-state index < -0.39 is 33.4 Å². The fourth-order valence-corrected chi connectivity index (χ4v) is 4.67. The summed E-state index contributed by atoms with van der Waals surface area (Å²) >= 11 is 0. The first-order valence-electron chi connectivity index (χ1n) is 8.62. The first kappa shape index (κ1) is 21.0. The van der Waals surface area contributed by atoms with Gasteiger partial charge in [-0.25, -0.2) is 8.42 Å². The lowest BCUT2D eigenvalue weighted by molar-refractivity contribution is -0.137. The van der Waals surface area contributed by atoms with E-state index in [0.717, 1.165) is 12.1 Å². The van der Waals surface area contributed by atoms with Crippen molar-refractivity contribution >= 4 is 21.4 Å². The minimum atomic E-state index is -4.44. The first-order valence-corrected chi connectivity index (χ1v) is 10.4. The Morgan fingerprint density at radius 3 is 2.31 bits per heavy atom. The third kappa shape index (κ3) is 5.20. The number of carbonyl (C=O) groups excluding carboxylic acids is 1. The maximum atomic E-state index is 12.6. The molecule has 29 heavy (non-hydrogen) atoms. The average Bonchev–Trinajstić information content (AvgIpc) is 3.02. The van der Waals surface area contributed by atoms with E-state index in [-0.39, 0.29) is 35.1 Å². The van der Waals surface area contributed by atoms with Crippen molar-refractivity contribution in [2.45, 2.75) is 12.6 Å². The third-order valence-electron chi connectivity index (χ3n) is 4.45. The number of carbonyl (C=O) groups is 1. The van der Waals surface area contributed by atoms with Crippen LogP contribution in [-0.4, -0.2) is 32.9 Å². The van der Waals surface area contributed by atoms with Crippen LogP contribution in [0.3, 0.4) is 0 Å². The van der Waals surface area contributed by atoms with Gasteiger partial charge in [-0.3, -0.25) is 4.79 Å². The van der Waals surface area contributed by atoms with Crippen molar-refractivity contribution in [3.63, 3.8) is 0 Å². The molecule has 1 amide bonds. The van der Waals surface area contributed by atoms with Gasteiger partial charge in [-0.2, -0.15) is 13.2 Å². The Balaban J connectivity index is 1.75. The maximum Gasteiger partial charge on any atom is 0.416 e. The standard InChI is InChI=1S/C19H18F3NO5S/c1-27-17-7-6-15(28-14-4-2-13(3-5-14)19(20,21)22)10-16(17)23-18(24)12-8-9-29(25,26)11-12/h2-7,10,12H,8-9,11H2,1H3,(H,23,24). The topological polar surface area (TPSA) is 81.7 Å². The van der Waals surface area contributed by atoms with Gasteiger partial charge in [-0.1, -0.05) is 0 Å². The zero-order valence-electron chi connectivity index (χ0n) is 15.3. The predicted octanol–water partition coefficient (Wildman–Crippen LogP) is 3.88. The Morgan fingerprint density at radius 2 is 1.76 bits per heavy atom. The second kappa shape index (κ2) is 7.94. The van der Waals surface area contributed by atoms with Gasteiger partial charge in [0, 0.05) is 6.07 Å². The van der Waals surface area contributed by atoms with Gasteiger partial charge < -0.3 is 14.8 Å². The molecule has 1 saturated heterocycles. The molecule has 1 unspecified atom stereocenters. The molecule has 3 rings (SSSR count). The summed E-state index contributed by atoms with van der Waals surface area (Å²) in [7, 11) is -1.80. The number of hydrogen-bond donors (Lipinski definition) is 1. The molecule has 1 aliphatic rings.